The molecule has 0 aliphatic carbocycles. The van der Waals surface area contributed by atoms with E-state index < -0.39 is 97.5 Å². The van der Waals surface area contributed by atoms with E-state index in [1.54, 1.807) is 0 Å². The number of hydrogen-bond donors (Lipinski definition) is 3. The Balaban J connectivity index is 5.22. The molecule has 0 amide bonds. The minimum Gasteiger partial charge on any atom is -0.462 e. The second-order valence-corrected chi connectivity index (χ2v) is 30.7. The number of hydrogen-bond acceptors (Lipinski definition) is 15. The summed E-state index contributed by atoms with van der Waals surface area (Å²) in [4.78, 5) is 72.6. The topological polar surface area (TPSA) is 237 Å². The van der Waals surface area contributed by atoms with Crippen LogP contribution in [-0.2, 0) is 65.4 Å². The second-order valence-electron chi connectivity index (χ2n) is 27.8. The van der Waals surface area contributed by atoms with Gasteiger partial charge in [0.15, 0.2) is 12.2 Å². The number of carbonyl (C=O) groups excluding carboxylic acids is 4. The maximum absolute atomic E-state index is 13.1. The highest BCUT2D eigenvalue weighted by Gasteiger charge is 2.30. The van der Waals surface area contributed by atoms with Gasteiger partial charge in [-0.2, -0.15) is 0 Å². The Morgan fingerprint density at radius 3 is 0.739 bits per heavy atom. The summed E-state index contributed by atoms with van der Waals surface area (Å²) in [6.45, 7) is 11.8. The zero-order valence-electron chi connectivity index (χ0n) is 60.0. The van der Waals surface area contributed by atoms with Crippen molar-refractivity contribution in [1.82, 2.24) is 0 Å². The molecule has 17 nitrogen and oxygen atoms in total. The summed E-state index contributed by atoms with van der Waals surface area (Å²) < 4.78 is 68.3. The number of phosphoric ester groups is 2. The van der Waals surface area contributed by atoms with Gasteiger partial charge in [0.1, 0.15) is 19.3 Å². The number of ether oxygens (including phenoxy) is 4. The predicted molar refractivity (Wildman–Crippen MR) is 372 cm³/mol. The van der Waals surface area contributed by atoms with Crippen LogP contribution in [0.2, 0.25) is 0 Å². The van der Waals surface area contributed by atoms with Gasteiger partial charge in [-0.3, -0.25) is 37.3 Å². The maximum atomic E-state index is 13.1. The number of esters is 4. The molecule has 0 aromatic rings. The summed E-state index contributed by atoms with van der Waals surface area (Å²) in [5.74, 6) is 0.179. The molecule has 92 heavy (non-hydrogen) atoms. The highest BCUT2D eigenvalue weighted by Crippen LogP contribution is 2.45. The first-order valence-electron chi connectivity index (χ1n) is 37.8. The van der Waals surface area contributed by atoms with Crippen molar-refractivity contribution in [2.24, 2.45) is 17.8 Å². The van der Waals surface area contributed by atoms with Gasteiger partial charge in [0.05, 0.1) is 26.4 Å². The first-order chi connectivity index (χ1) is 44.2. The van der Waals surface area contributed by atoms with Crippen LogP contribution in [-0.4, -0.2) is 96.7 Å². The smallest absolute Gasteiger partial charge is 0.462 e. The molecular weight excluding hydrogens is 1210 g/mol. The van der Waals surface area contributed by atoms with E-state index >= 15 is 0 Å². The Kier molecular flexibility index (Phi) is 62.4. The van der Waals surface area contributed by atoms with E-state index in [4.69, 9.17) is 37.0 Å². The van der Waals surface area contributed by atoms with Crippen LogP contribution < -0.4 is 0 Å². The van der Waals surface area contributed by atoms with E-state index in [1.807, 2.05) is 0 Å². The number of phosphoric acid groups is 2. The first-order valence-corrected chi connectivity index (χ1v) is 40.8. The molecule has 0 heterocycles. The van der Waals surface area contributed by atoms with Crippen LogP contribution in [0.1, 0.15) is 370 Å². The molecule has 0 aliphatic rings. The van der Waals surface area contributed by atoms with Gasteiger partial charge in [-0.1, -0.05) is 318 Å². The maximum Gasteiger partial charge on any atom is 0.472 e. The van der Waals surface area contributed by atoms with Crippen LogP contribution in [0.25, 0.3) is 0 Å². The summed E-state index contributed by atoms with van der Waals surface area (Å²) in [6.07, 6.45) is 48.7. The van der Waals surface area contributed by atoms with Gasteiger partial charge in [-0.25, -0.2) is 9.13 Å². The van der Waals surface area contributed by atoms with E-state index in [2.05, 4.69) is 48.5 Å². The molecule has 2 unspecified atom stereocenters. The Labute approximate surface area is 562 Å². The molecule has 0 rings (SSSR count). The van der Waals surface area contributed by atoms with E-state index in [0.29, 0.717) is 25.7 Å². The van der Waals surface area contributed by atoms with Gasteiger partial charge in [0, 0.05) is 25.7 Å². The van der Waals surface area contributed by atoms with Gasteiger partial charge in [-0.05, 0) is 43.4 Å². The summed E-state index contributed by atoms with van der Waals surface area (Å²) in [5, 5.41) is 10.6. The molecule has 546 valence electrons. The average Bonchev–Trinajstić information content (AvgIpc) is 2.28. The molecule has 3 N–H and O–H groups in total. The summed E-state index contributed by atoms with van der Waals surface area (Å²) in [6, 6.07) is 0. The summed E-state index contributed by atoms with van der Waals surface area (Å²) in [5.41, 5.74) is 0. The molecule has 5 atom stereocenters. The molecule has 0 aromatic carbocycles. The van der Waals surface area contributed by atoms with Gasteiger partial charge in [-0.15, -0.1) is 0 Å². The largest absolute Gasteiger partial charge is 0.472 e. The molecular formula is C73H142O17P2. The van der Waals surface area contributed by atoms with Crippen LogP contribution in [0.3, 0.4) is 0 Å². The van der Waals surface area contributed by atoms with Crippen molar-refractivity contribution in [3.05, 3.63) is 0 Å². The highest BCUT2D eigenvalue weighted by molar-refractivity contribution is 7.47. The predicted octanol–water partition coefficient (Wildman–Crippen LogP) is 21.0. The molecule has 0 radical (unpaired) electrons. The fraction of sp³-hybridized carbons (Fsp3) is 0.945. The molecule has 0 fully saturated rings. The number of rotatable bonds is 71. The lowest BCUT2D eigenvalue weighted by Crippen LogP contribution is -2.30. The monoisotopic (exact) mass is 1350 g/mol. The summed E-state index contributed by atoms with van der Waals surface area (Å²) in [7, 11) is -9.90. The van der Waals surface area contributed by atoms with Crippen molar-refractivity contribution < 1.29 is 80.2 Å². The zero-order chi connectivity index (χ0) is 68.0. The van der Waals surface area contributed by atoms with Crippen LogP contribution >= 0.6 is 15.6 Å². The van der Waals surface area contributed by atoms with Crippen LogP contribution in [0.4, 0.5) is 0 Å². The molecule has 19 heteroatoms. The van der Waals surface area contributed by atoms with Gasteiger partial charge >= 0.3 is 39.5 Å². The molecule has 0 bridgehead atoms. The standard InChI is InChI=1S/C73H142O17P2/c1-8-9-10-11-12-33-40-47-54-70(75)83-60-68(90-73(78)57-50-43-36-29-28-32-39-46-53-66(6)7)62-87-91(79,80)85-58-67(74)59-86-92(81,82)88-63-69(61-84-71(76)55-48-41-34-26-22-19-15-17-21-25-31-38-45-52-65(4)5)89-72(77)56-49-42-35-27-23-18-14-13-16-20-24-30-37-44-51-64(2)3/h64-69,74H,8-63H2,1-7H3,(H,79,80)(H,81,82)/t67-,68+,69+/m0/s1. The van der Waals surface area contributed by atoms with Crippen LogP contribution in [0, 0.1) is 17.8 Å². The molecule has 0 spiro atoms. The van der Waals surface area contributed by atoms with Crippen LogP contribution in [0.15, 0.2) is 0 Å². The molecule has 0 aliphatic heterocycles. The SMILES string of the molecule is CCCCCCCCCCC(=O)OC[C@H](COP(=O)(O)OC[C@H](O)COP(=O)(O)OC[C@@H](COC(=O)CCCCCCCCCCCCCCCC(C)C)OC(=O)CCCCCCCCCCCCCCCCC(C)C)OC(=O)CCCCCCCCCCC(C)C. The van der Waals surface area contributed by atoms with Gasteiger partial charge < -0.3 is 33.8 Å². The average molecular weight is 1350 g/mol. The number of aliphatic hydroxyl groups excluding tert-OH is 1. The minimum absolute atomic E-state index is 0.104. The fourth-order valence-electron chi connectivity index (χ4n) is 11.1. The van der Waals surface area contributed by atoms with Crippen molar-refractivity contribution in [1.29, 1.82) is 0 Å². The highest BCUT2D eigenvalue weighted by atomic mass is 31.2. The van der Waals surface area contributed by atoms with E-state index in [1.165, 1.54) is 173 Å². The molecule has 0 saturated heterocycles. The van der Waals surface area contributed by atoms with Crippen LogP contribution in [0.5, 0.6) is 0 Å². The molecule has 0 aromatic heterocycles. The molecule has 0 saturated carbocycles. The minimum atomic E-state index is -4.95. The lowest BCUT2D eigenvalue weighted by molar-refractivity contribution is -0.161. The van der Waals surface area contributed by atoms with Crippen molar-refractivity contribution in [2.45, 2.75) is 388 Å². The van der Waals surface area contributed by atoms with Crippen molar-refractivity contribution in [3.8, 4) is 0 Å². The number of aliphatic hydroxyl groups is 1. The van der Waals surface area contributed by atoms with Crippen molar-refractivity contribution in [2.75, 3.05) is 39.6 Å². The third-order valence-electron chi connectivity index (χ3n) is 16.9. The first kappa shape index (κ1) is 90.1. The van der Waals surface area contributed by atoms with Crippen molar-refractivity contribution >= 4 is 39.5 Å². The summed E-state index contributed by atoms with van der Waals surface area (Å²) >= 11 is 0. The Hall–Kier alpha value is -1.94. The third kappa shape index (κ3) is 66.7. The third-order valence-corrected chi connectivity index (χ3v) is 18.8. The fourth-order valence-corrected chi connectivity index (χ4v) is 12.7. The van der Waals surface area contributed by atoms with Gasteiger partial charge in [0.25, 0.3) is 0 Å². The Morgan fingerprint density at radius 2 is 0.500 bits per heavy atom. The second kappa shape index (κ2) is 63.8. The van der Waals surface area contributed by atoms with E-state index in [9.17, 15) is 43.2 Å². The Bertz CT molecular complexity index is 1800. The number of carbonyl (C=O) groups is 4. The van der Waals surface area contributed by atoms with E-state index in [0.717, 1.165) is 114 Å². The zero-order valence-corrected chi connectivity index (χ0v) is 61.8. The quantitative estimate of drug-likeness (QED) is 0.0222. The number of unbranched alkanes of at least 4 members (excludes halogenated alkanes) is 39. The van der Waals surface area contributed by atoms with Gasteiger partial charge in [0.2, 0.25) is 0 Å². The lowest BCUT2D eigenvalue weighted by Gasteiger charge is -2.21. The Morgan fingerprint density at radius 1 is 0.293 bits per heavy atom. The van der Waals surface area contributed by atoms with Crippen molar-refractivity contribution in [3.63, 3.8) is 0 Å². The van der Waals surface area contributed by atoms with E-state index in [-0.39, 0.29) is 25.7 Å². The normalized spacial score (nSPS) is 14.1. The lowest BCUT2D eigenvalue weighted by atomic mass is 10.0.